The van der Waals surface area contributed by atoms with Gasteiger partial charge in [-0.25, -0.2) is 14.5 Å². The van der Waals surface area contributed by atoms with Crippen molar-refractivity contribution in [2.45, 2.75) is 0 Å². The van der Waals surface area contributed by atoms with E-state index in [1.54, 1.807) is 25.1 Å². The van der Waals surface area contributed by atoms with Crippen LogP contribution < -0.4 is 9.47 Å². The van der Waals surface area contributed by atoms with Crippen LogP contribution in [0.25, 0.3) is 27.9 Å². The van der Waals surface area contributed by atoms with Crippen LogP contribution in [0.3, 0.4) is 0 Å². The van der Waals surface area contributed by atoms with E-state index in [9.17, 15) is 0 Å². The molecule has 4 aromatic rings. The van der Waals surface area contributed by atoms with Gasteiger partial charge in [-0.2, -0.15) is 0 Å². The van der Waals surface area contributed by atoms with E-state index in [0.29, 0.717) is 5.82 Å². The molecule has 0 atom stereocenters. The molecule has 23 heavy (non-hydrogen) atoms. The number of nitrogens with zero attached hydrogens (tertiary/aromatic N) is 4. The Morgan fingerprint density at radius 1 is 0.913 bits per heavy atom. The number of hydrogen-bond acceptors (Lipinski definition) is 5. The van der Waals surface area contributed by atoms with Gasteiger partial charge >= 0.3 is 0 Å². The first-order chi connectivity index (χ1) is 11.3. The zero-order valence-corrected chi connectivity index (χ0v) is 12.7. The summed E-state index contributed by atoms with van der Waals surface area (Å²) < 4.78 is 12.1. The largest absolute Gasteiger partial charge is 0.497 e. The summed E-state index contributed by atoms with van der Waals surface area (Å²) in [5, 5.41) is 5.43. The highest BCUT2D eigenvalue weighted by Crippen LogP contribution is 2.25. The average Bonchev–Trinajstić information content (AvgIpc) is 3.06. The third kappa shape index (κ3) is 2.24. The lowest BCUT2D eigenvalue weighted by Gasteiger charge is -2.01. The highest BCUT2D eigenvalue weighted by atomic mass is 16.5. The van der Waals surface area contributed by atoms with Crippen molar-refractivity contribution in [2.75, 3.05) is 14.2 Å². The Morgan fingerprint density at radius 2 is 1.65 bits per heavy atom. The monoisotopic (exact) mass is 306 g/mol. The second-order valence-electron chi connectivity index (χ2n) is 5.06. The molecule has 114 valence electrons. The normalized spacial score (nSPS) is 11.0. The van der Waals surface area contributed by atoms with Crippen LogP contribution in [0.4, 0.5) is 0 Å². The molecule has 0 N–H and O–H groups in total. The summed E-state index contributed by atoms with van der Waals surface area (Å²) in [4.78, 5) is 9.07. The number of methoxy groups -OCH3 is 2. The van der Waals surface area contributed by atoms with Crippen molar-refractivity contribution in [3.63, 3.8) is 0 Å². The van der Waals surface area contributed by atoms with Gasteiger partial charge in [0.2, 0.25) is 0 Å². The molecular weight excluding hydrogens is 292 g/mol. The van der Waals surface area contributed by atoms with Crippen molar-refractivity contribution in [1.82, 2.24) is 19.6 Å². The Morgan fingerprint density at radius 3 is 2.39 bits per heavy atom. The number of rotatable bonds is 3. The molecule has 0 aliphatic heterocycles. The molecule has 6 heteroatoms. The van der Waals surface area contributed by atoms with Crippen LogP contribution in [-0.2, 0) is 0 Å². The quantitative estimate of drug-likeness (QED) is 0.582. The summed E-state index contributed by atoms with van der Waals surface area (Å²) >= 11 is 0. The number of benzene rings is 2. The van der Waals surface area contributed by atoms with E-state index in [1.807, 2.05) is 42.5 Å². The van der Waals surface area contributed by atoms with E-state index in [1.165, 1.54) is 0 Å². The van der Waals surface area contributed by atoms with Gasteiger partial charge in [0.15, 0.2) is 11.5 Å². The molecule has 0 saturated heterocycles. The summed E-state index contributed by atoms with van der Waals surface area (Å²) in [6.45, 7) is 0. The SMILES string of the molecule is COc1ccc(-c2nc3c4ccc(OC)cc4ncn3n2)cc1. The molecule has 2 aromatic heterocycles. The van der Waals surface area contributed by atoms with Gasteiger partial charge in [0.1, 0.15) is 17.8 Å². The zero-order chi connectivity index (χ0) is 15.8. The Labute approximate surface area is 132 Å². The molecule has 6 nitrogen and oxygen atoms in total. The molecule has 0 amide bonds. The first-order valence-electron chi connectivity index (χ1n) is 7.12. The highest BCUT2D eigenvalue weighted by molar-refractivity contribution is 5.92. The van der Waals surface area contributed by atoms with Gasteiger partial charge in [-0.15, -0.1) is 5.10 Å². The topological polar surface area (TPSA) is 61.5 Å². The fourth-order valence-electron chi connectivity index (χ4n) is 2.50. The maximum absolute atomic E-state index is 5.24. The number of fused-ring (bicyclic) bond motifs is 3. The van der Waals surface area contributed by atoms with E-state index in [2.05, 4.69) is 15.1 Å². The maximum atomic E-state index is 5.24. The van der Waals surface area contributed by atoms with Crippen molar-refractivity contribution in [1.29, 1.82) is 0 Å². The molecule has 0 saturated carbocycles. The predicted molar refractivity (Wildman–Crippen MR) is 86.8 cm³/mol. The van der Waals surface area contributed by atoms with Gasteiger partial charge < -0.3 is 9.47 Å². The molecule has 2 heterocycles. The second-order valence-corrected chi connectivity index (χ2v) is 5.06. The first-order valence-corrected chi connectivity index (χ1v) is 7.12. The van der Waals surface area contributed by atoms with E-state index >= 15 is 0 Å². The minimum Gasteiger partial charge on any atom is -0.497 e. The van der Waals surface area contributed by atoms with Crippen LogP contribution in [0.5, 0.6) is 11.5 Å². The summed E-state index contributed by atoms with van der Waals surface area (Å²) in [6.07, 6.45) is 1.66. The number of aromatic nitrogens is 4. The zero-order valence-electron chi connectivity index (χ0n) is 12.7. The molecule has 0 aliphatic rings. The Hall–Kier alpha value is -3.15. The molecule has 0 radical (unpaired) electrons. The van der Waals surface area contributed by atoms with E-state index in [-0.39, 0.29) is 0 Å². The van der Waals surface area contributed by atoms with Crippen LogP contribution in [0.1, 0.15) is 0 Å². The number of ether oxygens (including phenoxy) is 2. The fourth-order valence-corrected chi connectivity index (χ4v) is 2.50. The van der Waals surface area contributed by atoms with Crippen LogP contribution in [0, 0.1) is 0 Å². The smallest absolute Gasteiger partial charge is 0.182 e. The minimum absolute atomic E-state index is 0.651. The lowest BCUT2D eigenvalue weighted by atomic mass is 10.2. The third-order valence-electron chi connectivity index (χ3n) is 3.73. The standard InChI is InChI=1S/C17H14N4O2/c1-22-12-5-3-11(4-6-12)16-19-17-14-8-7-13(23-2)9-15(14)18-10-21(17)20-16/h3-10H,1-2H3. The third-order valence-corrected chi connectivity index (χ3v) is 3.73. The van der Waals surface area contributed by atoms with Crippen molar-refractivity contribution >= 4 is 16.6 Å². The van der Waals surface area contributed by atoms with Crippen molar-refractivity contribution in [3.05, 3.63) is 48.8 Å². The highest BCUT2D eigenvalue weighted by Gasteiger charge is 2.10. The van der Waals surface area contributed by atoms with Crippen molar-refractivity contribution < 1.29 is 9.47 Å². The predicted octanol–water partition coefficient (Wildman–Crippen LogP) is 2.96. The Bertz CT molecular complexity index is 993. The summed E-state index contributed by atoms with van der Waals surface area (Å²) in [5.74, 6) is 2.22. The van der Waals surface area contributed by atoms with Crippen molar-refractivity contribution in [2.24, 2.45) is 0 Å². The van der Waals surface area contributed by atoms with Gasteiger partial charge in [0, 0.05) is 17.0 Å². The molecule has 2 aromatic carbocycles. The van der Waals surface area contributed by atoms with E-state index < -0.39 is 0 Å². The molecular formula is C17H14N4O2. The lowest BCUT2D eigenvalue weighted by Crippen LogP contribution is -1.92. The molecule has 4 rings (SSSR count). The Kier molecular flexibility index (Phi) is 3.08. The molecule has 0 bridgehead atoms. The molecule has 0 spiro atoms. The van der Waals surface area contributed by atoms with Gasteiger partial charge in [-0.05, 0) is 36.4 Å². The van der Waals surface area contributed by atoms with E-state index in [4.69, 9.17) is 9.47 Å². The Balaban J connectivity index is 1.87. The molecule has 0 unspecified atom stereocenters. The first kappa shape index (κ1) is 13.5. The average molecular weight is 306 g/mol. The van der Waals surface area contributed by atoms with Crippen LogP contribution in [0.2, 0.25) is 0 Å². The van der Waals surface area contributed by atoms with E-state index in [0.717, 1.165) is 33.6 Å². The number of hydrogen-bond donors (Lipinski definition) is 0. The summed E-state index contributed by atoms with van der Waals surface area (Å²) in [5.41, 5.74) is 2.52. The van der Waals surface area contributed by atoms with Gasteiger partial charge in [0.05, 0.1) is 19.7 Å². The van der Waals surface area contributed by atoms with Crippen LogP contribution >= 0.6 is 0 Å². The summed E-state index contributed by atoms with van der Waals surface area (Å²) in [6, 6.07) is 13.4. The fraction of sp³-hybridized carbons (Fsp3) is 0.118. The second kappa shape index (κ2) is 5.24. The van der Waals surface area contributed by atoms with Crippen molar-refractivity contribution in [3.8, 4) is 22.9 Å². The van der Waals surface area contributed by atoms with Crippen LogP contribution in [-0.4, -0.2) is 33.8 Å². The maximum Gasteiger partial charge on any atom is 0.182 e. The minimum atomic E-state index is 0.651. The van der Waals surface area contributed by atoms with Gasteiger partial charge in [-0.3, -0.25) is 0 Å². The van der Waals surface area contributed by atoms with Gasteiger partial charge in [0.25, 0.3) is 0 Å². The molecule has 0 fully saturated rings. The summed E-state index contributed by atoms with van der Waals surface area (Å²) in [7, 11) is 3.28. The van der Waals surface area contributed by atoms with Crippen LogP contribution in [0.15, 0.2) is 48.8 Å². The lowest BCUT2D eigenvalue weighted by molar-refractivity contribution is 0.415. The molecule has 0 aliphatic carbocycles. The van der Waals surface area contributed by atoms with Gasteiger partial charge in [-0.1, -0.05) is 0 Å².